The number of rotatable bonds is 2. The normalized spacial score (nSPS) is 12.6. The molecule has 0 N–H and O–H groups in total. The van der Waals surface area contributed by atoms with Crippen LogP contribution in [-0.2, 0) is 12.4 Å². The van der Waals surface area contributed by atoms with Crippen molar-refractivity contribution in [3.63, 3.8) is 0 Å². The maximum atomic E-state index is 13.3. The van der Waals surface area contributed by atoms with Gasteiger partial charge in [0.1, 0.15) is 29.1 Å². The van der Waals surface area contributed by atoms with E-state index in [1.54, 1.807) is 36.4 Å². The van der Waals surface area contributed by atoms with E-state index in [0.717, 1.165) is 0 Å². The van der Waals surface area contributed by atoms with Crippen LogP contribution in [-0.4, -0.2) is 14.6 Å². The van der Waals surface area contributed by atoms with Crippen molar-refractivity contribution >= 4 is 17.3 Å². The van der Waals surface area contributed by atoms with Crippen LogP contribution in [0.5, 0.6) is 0 Å². The van der Waals surface area contributed by atoms with Gasteiger partial charge in [0.25, 0.3) is 0 Å². The highest BCUT2D eigenvalue weighted by Gasteiger charge is 2.41. The Morgan fingerprint density at radius 2 is 1.66 bits per heavy atom. The monoisotopic (exact) mass is 407 g/mol. The summed E-state index contributed by atoms with van der Waals surface area (Å²) >= 11 is 0. The summed E-state index contributed by atoms with van der Waals surface area (Å²) in [5.41, 5.74) is -5.55. The number of aromatic nitrogens is 3. The molecule has 5 nitrogen and oxygen atoms in total. The lowest BCUT2D eigenvalue weighted by Crippen LogP contribution is -2.18. The van der Waals surface area contributed by atoms with Crippen molar-refractivity contribution < 1.29 is 26.3 Å². The smallest absolute Gasteiger partial charge is 0.223 e. The highest BCUT2D eigenvalue weighted by atomic mass is 19.4. The Hall–Kier alpha value is -3.86. The van der Waals surface area contributed by atoms with Gasteiger partial charge in [-0.05, 0) is 17.7 Å². The van der Waals surface area contributed by atoms with E-state index in [4.69, 9.17) is 0 Å². The minimum atomic E-state index is -5.22. The Kier molecular flexibility index (Phi) is 4.76. The minimum absolute atomic E-state index is 0.0965. The lowest BCUT2D eigenvalue weighted by Gasteiger charge is -2.12. The Bertz CT molecular complexity index is 1190. The Balaban J connectivity index is 2.37. The van der Waals surface area contributed by atoms with Gasteiger partial charge in [-0.25, -0.2) is 9.50 Å². The van der Waals surface area contributed by atoms with E-state index in [2.05, 4.69) is 10.1 Å². The number of nitriles is 2. The third-order valence-corrected chi connectivity index (χ3v) is 3.77. The summed E-state index contributed by atoms with van der Waals surface area (Å²) in [4.78, 5) is 3.15. The van der Waals surface area contributed by atoms with E-state index in [0.29, 0.717) is 5.56 Å². The minimum Gasteiger partial charge on any atom is -0.223 e. The molecule has 2 heterocycles. The number of halogens is 6. The average molecular weight is 407 g/mol. The van der Waals surface area contributed by atoms with Crippen LogP contribution in [0.1, 0.15) is 28.2 Å². The van der Waals surface area contributed by atoms with Gasteiger partial charge in [0.05, 0.1) is 5.57 Å². The summed E-state index contributed by atoms with van der Waals surface area (Å²) < 4.78 is 79.2. The fraction of sp³-hybridized carbons (Fsp3) is 0.111. The molecule has 11 heteroatoms. The second-order valence-electron chi connectivity index (χ2n) is 5.67. The number of benzene rings is 1. The summed E-state index contributed by atoms with van der Waals surface area (Å²) in [6.45, 7) is 0. The molecule has 3 rings (SSSR count). The number of allylic oxidation sites excluding steroid dienone is 1. The van der Waals surface area contributed by atoms with Gasteiger partial charge in [0, 0.05) is 0 Å². The van der Waals surface area contributed by atoms with Crippen LogP contribution in [0, 0.1) is 22.7 Å². The highest BCUT2D eigenvalue weighted by Crippen LogP contribution is 2.36. The standard InChI is InChI=1S/C18H7F6N5/c19-17(20,21)13-7-14(18(22,23)24)29-16(27-13)12(9-26)15(28-29)11(8-25)6-10-4-2-1-3-5-10/h1-7H. The molecule has 146 valence electrons. The van der Waals surface area contributed by atoms with Gasteiger partial charge in [-0.3, -0.25) is 0 Å². The first-order valence-corrected chi connectivity index (χ1v) is 7.71. The quantitative estimate of drug-likeness (QED) is 0.456. The van der Waals surface area contributed by atoms with Crippen LogP contribution in [0.25, 0.3) is 17.3 Å². The van der Waals surface area contributed by atoms with Crippen LogP contribution in [0.4, 0.5) is 26.3 Å². The number of nitrogens with zero attached hydrogens (tertiary/aromatic N) is 5. The SMILES string of the molecule is N#CC(=Cc1ccccc1)c1nn2c(C(F)(F)F)cc(C(F)(F)F)nc2c1C#N. The maximum absolute atomic E-state index is 13.3. The van der Waals surface area contributed by atoms with E-state index >= 15 is 0 Å². The molecule has 0 unspecified atom stereocenters. The maximum Gasteiger partial charge on any atom is 0.433 e. The molecule has 0 saturated heterocycles. The lowest BCUT2D eigenvalue weighted by molar-refractivity contribution is -0.148. The van der Waals surface area contributed by atoms with Crippen LogP contribution < -0.4 is 0 Å². The first kappa shape index (κ1) is 19.9. The fourth-order valence-corrected chi connectivity index (χ4v) is 2.53. The molecule has 0 amide bonds. The molecule has 29 heavy (non-hydrogen) atoms. The van der Waals surface area contributed by atoms with Crippen molar-refractivity contribution in [3.05, 3.63) is 64.6 Å². The van der Waals surface area contributed by atoms with Crippen molar-refractivity contribution in [1.82, 2.24) is 14.6 Å². The first-order chi connectivity index (χ1) is 13.6. The second-order valence-corrected chi connectivity index (χ2v) is 5.67. The van der Waals surface area contributed by atoms with Gasteiger partial charge in [0.15, 0.2) is 11.3 Å². The predicted molar refractivity (Wildman–Crippen MR) is 87.6 cm³/mol. The van der Waals surface area contributed by atoms with Crippen molar-refractivity contribution in [2.45, 2.75) is 12.4 Å². The molecular weight excluding hydrogens is 400 g/mol. The van der Waals surface area contributed by atoms with Gasteiger partial charge < -0.3 is 0 Å². The van der Waals surface area contributed by atoms with Gasteiger partial charge in [0.2, 0.25) is 0 Å². The van der Waals surface area contributed by atoms with E-state index < -0.39 is 40.6 Å². The molecule has 2 aromatic heterocycles. The van der Waals surface area contributed by atoms with E-state index in [-0.39, 0.29) is 16.2 Å². The summed E-state index contributed by atoms with van der Waals surface area (Å²) in [6.07, 6.45) is -9.15. The first-order valence-electron chi connectivity index (χ1n) is 7.71. The zero-order valence-electron chi connectivity index (χ0n) is 14.0. The van der Waals surface area contributed by atoms with Crippen LogP contribution in [0.3, 0.4) is 0 Å². The van der Waals surface area contributed by atoms with Gasteiger partial charge in [-0.15, -0.1) is 0 Å². The summed E-state index contributed by atoms with van der Waals surface area (Å²) in [5.74, 6) is 0. The second kappa shape index (κ2) is 6.95. The van der Waals surface area contributed by atoms with Crippen molar-refractivity contribution in [2.24, 2.45) is 0 Å². The van der Waals surface area contributed by atoms with Crippen molar-refractivity contribution in [1.29, 1.82) is 10.5 Å². The highest BCUT2D eigenvalue weighted by molar-refractivity contribution is 5.91. The topological polar surface area (TPSA) is 77.8 Å². The summed E-state index contributed by atoms with van der Waals surface area (Å²) in [6, 6.07) is 11.1. The molecule has 0 aliphatic heterocycles. The molecule has 0 saturated carbocycles. The Morgan fingerprint density at radius 1 is 1.00 bits per heavy atom. The van der Waals surface area contributed by atoms with E-state index in [1.807, 2.05) is 0 Å². The summed E-state index contributed by atoms with van der Waals surface area (Å²) in [7, 11) is 0. The molecule has 0 aliphatic rings. The molecule has 0 fully saturated rings. The molecule has 0 spiro atoms. The largest absolute Gasteiger partial charge is 0.433 e. The van der Waals surface area contributed by atoms with Gasteiger partial charge in [-0.2, -0.15) is 42.0 Å². The molecule has 0 radical (unpaired) electrons. The number of alkyl halides is 6. The number of hydrogen-bond acceptors (Lipinski definition) is 4. The van der Waals surface area contributed by atoms with Crippen LogP contribution in [0.2, 0.25) is 0 Å². The predicted octanol–water partition coefficient (Wildman–Crippen LogP) is 4.70. The van der Waals surface area contributed by atoms with Gasteiger partial charge in [-0.1, -0.05) is 30.3 Å². The zero-order valence-corrected chi connectivity index (χ0v) is 14.0. The zero-order chi connectivity index (χ0) is 21.4. The number of hydrogen-bond donors (Lipinski definition) is 0. The molecule has 0 aliphatic carbocycles. The third kappa shape index (κ3) is 3.75. The Morgan fingerprint density at radius 3 is 2.17 bits per heavy atom. The third-order valence-electron chi connectivity index (χ3n) is 3.77. The van der Waals surface area contributed by atoms with Crippen molar-refractivity contribution in [2.75, 3.05) is 0 Å². The molecule has 0 atom stereocenters. The lowest BCUT2D eigenvalue weighted by atomic mass is 10.1. The van der Waals surface area contributed by atoms with E-state index in [9.17, 15) is 36.9 Å². The number of fused-ring (bicyclic) bond motifs is 1. The van der Waals surface area contributed by atoms with Crippen LogP contribution in [0.15, 0.2) is 36.4 Å². The van der Waals surface area contributed by atoms with Gasteiger partial charge >= 0.3 is 12.4 Å². The Labute approximate surface area is 158 Å². The molecular formula is C18H7F6N5. The molecule has 3 aromatic rings. The average Bonchev–Trinajstić information content (AvgIpc) is 3.02. The van der Waals surface area contributed by atoms with Crippen LogP contribution >= 0.6 is 0 Å². The molecule has 0 bridgehead atoms. The van der Waals surface area contributed by atoms with E-state index in [1.165, 1.54) is 12.1 Å². The fourth-order valence-electron chi connectivity index (χ4n) is 2.53. The molecule has 1 aromatic carbocycles. The summed E-state index contributed by atoms with van der Waals surface area (Å²) in [5, 5.41) is 22.4. The van der Waals surface area contributed by atoms with Crippen molar-refractivity contribution in [3.8, 4) is 12.1 Å².